The maximum absolute atomic E-state index is 14.1. The molecule has 0 heterocycles. The van der Waals surface area contributed by atoms with Crippen molar-refractivity contribution in [2.75, 3.05) is 20.8 Å². The van der Waals surface area contributed by atoms with Gasteiger partial charge in [-0.3, -0.25) is 4.79 Å². The lowest BCUT2D eigenvalue weighted by Crippen LogP contribution is -2.56. The second-order valence-corrected chi connectivity index (χ2v) is 11.4. The van der Waals surface area contributed by atoms with Crippen molar-refractivity contribution in [3.05, 3.63) is 83.4 Å². The molecule has 9 nitrogen and oxygen atoms in total. The highest BCUT2D eigenvalue weighted by molar-refractivity contribution is 5.90. The Kier molecular flexibility index (Phi) is 9.95. The predicted octanol–water partition coefficient (Wildman–Crippen LogP) is 5.70. The van der Waals surface area contributed by atoms with Gasteiger partial charge in [0.1, 0.15) is 30.2 Å². The smallest absolute Gasteiger partial charge is 0.407 e. The van der Waals surface area contributed by atoms with Crippen LogP contribution in [0.15, 0.2) is 66.7 Å². The molecule has 0 aromatic heterocycles. The van der Waals surface area contributed by atoms with E-state index in [0.717, 1.165) is 22.3 Å². The van der Waals surface area contributed by atoms with E-state index in [-0.39, 0.29) is 25.0 Å². The standard InChI is InChI=1S/C34H40N2O7/c1-20(2)30(35-34(40)43-19-28-26-13-9-7-11-24(26)25-12-8-10-14-27(25)28)32(37)36(31(21(3)4)33(38)39)18-22-15-16-23(41-5)17-29(22)42-6/h7-17,20-21,28,30-31H,18-19H2,1-6H3,(H,35,40)(H,38,39)/t30-,31-/m0/s1. The predicted molar refractivity (Wildman–Crippen MR) is 163 cm³/mol. The van der Waals surface area contributed by atoms with Crippen LogP contribution >= 0.6 is 0 Å². The van der Waals surface area contributed by atoms with Crippen molar-refractivity contribution in [3.8, 4) is 22.6 Å². The lowest BCUT2D eigenvalue weighted by atomic mass is 9.97. The van der Waals surface area contributed by atoms with E-state index in [1.165, 1.54) is 19.1 Å². The zero-order valence-electron chi connectivity index (χ0n) is 25.5. The average molecular weight is 589 g/mol. The molecule has 9 heteroatoms. The second-order valence-electron chi connectivity index (χ2n) is 11.4. The van der Waals surface area contributed by atoms with Gasteiger partial charge in [-0.15, -0.1) is 0 Å². The summed E-state index contributed by atoms with van der Waals surface area (Å²) in [6.45, 7) is 7.13. The van der Waals surface area contributed by atoms with Crippen molar-refractivity contribution in [2.45, 2.75) is 52.2 Å². The van der Waals surface area contributed by atoms with Crippen LogP contribution in [0.1, 0.15) is 50.3 Å². The van der Waals surface area contributed by atoms with Crippen molar-refractivity contribution >= 4 is 18.0 Å². The average Bonchev–Trinajstić information content (AvgIpc) is 3.31. The lowest BCUT2D eigenvalue weighted by Gasteiger charge is -2.35. The third-order valence-electron chi connectivity index (χ3n) is 7.89. The summed E-state index contributed by atoms with van der Waals surface area (Å²) in [6.07, 6.45) is -0.743. The van der Waals surface area contributed by atoms with Gasteiger partial charge in [0.25, 0.3) is 0 Å². The Morgan fingerprint density at radius 3 is 1.98 bits per heavy atom. The van der Waals surface area contributed by atoms with Crippen molar-refractivity contribution in [3.63, 3.8) is 0 Å². The fraction of sp³-hybridized carbons (Fsp3) is 0.382. The van der Waals surface area contributed by atoms with Crippen LogP contribution in [0.2, 0.25) is 0 Å². The number of amides is 2. The number of carbonyl (C=O) groups excluding carboxylic acids is 2. The summed E-state index contributed by atoms with van der Waals surface area (Å²) in [7, 11) is 3.03. The number of fused-ring (bicyclic) bond motifs is 3. The largest absolute Gasteiger partial charge is 0.497 e. The molecular weight excluding hydrogens is 548 g/mol. The maximum atomic E-state index is 14.1. The number of ether oxygens (including phenoxy) is 3. The van der Waals surface area contributed by atoms with Crippen LogP contribution in [-0.4, -0.2) is 60.9 Å². The van der Waals surface area contributed by atoms with E-state index in [0.29, 0.717) is 17.1 Å². The highest BCUT2D eigenvalue weighted by atomic mass is 16.5. The van der Waals surface area contributed by atoms with Crippen LogP contribution in [0.5, 0.6) is 11.5 Å². The van der Waals surface area contributed by atoms with E-state index < -0.39 is 36.0 Å². The highest BCUT2D eigenvalue weighted by Crippen LogP contribution is 2.44. The first-order chi connectivity index (χ1) is 20.6. The Balaban J connectivity index is 1.56. The van der Waals surface area contributed by atoms with Gasteiger partial charge in [-0.1, -0.05) is 76.2 Å². The molecule has 2 N–H and O–H groups in total. The van der Waals surface area contributed by atoms with Gasteiger partial charge in [0, 0.05) is 17.5 Å². The minimum atomic E-state index is -1.15. The summed E-state index contributed by atoms with van der Waals surface area (Å²) in [5, 5.41) is 12.9. The zero-order valence-corrected chi connectivity index (χ0v) is 25.5. The van der Waals surface area contributed by atoms with Crippen molar-refractivity contribution in [2.24, 2.45) is 11.8 Å². The Morgan fingerprint density at radius 2 is 1.47 bits per heavy atom. The number of nitrogens with one attached hydrogen (secondary N) is 1. The molecule has 43 heavy (non-hydrogen) atoms. The number of carbonyl (C=O) groups is 3. The van der Waals surface area contributed by atoms with Gasteiger partial charge < -0.3 is 29.5 Å². The first kappa shape index (κ1) is 31.4. The van der Waals surface area contributed by atoms with Gasteiger partial charge in [0.15, 0.2) is 0 Å². The Morgan fingerprint density at radius 1 is 0.860 bits per heavy atom. The molecule has 2 amide bonds. The van der Waals surface area contributed by atoms with E-state index in [1.807, 2.05) is 36.4 Å². The van der Waals surface area contributed by atoms with E-state index >= 15 is 0 Å². The van der Waals surface area contributed by atoms with Gasteiger partial charge in [-0.25, -0.2) is 9.59 Å². The molecule has 0 fully saturated rings. The molecule has 0 saturated heterocycles. The number of hydrogen-bond acceptors (Lipinski definition) is 6. The van der Waals surface area contributed by atoms with Crippen LogP contribution in [0.25, 0.3) is 11.1 Å². The number of benzene rings is 3. The van der Waals surface area contributed by atoms with Crippen LogP contribution in [0, 0.1) is 11.8 Å². The third-order valence-corrected chi connectivity index (χ3v) is 7.89. The summed E-state index contributed by atoms with van der Waals surface area (Å²) in [4.78, 5) is 41.0. The minimum absolute atomic E-state index is 0.0449. The van der Waals surface area contributed by atoms with E-state index in [9.17, 15) is 19.5 Å². The third kappa shape index (κ3) is 6.77. The molecule has 0 unspecified atom stereocenters. The number of rotatable bonds is 12. The molecule has 0 saturated carbocycles. The van der Waals surface area contributed by atoms with Crippen LogP contribution in [0.3, 0.4) is 0 Å². The van der Waals surface area contributed by atoms with Crippen molar-refractivity contribution in [1.82, 2.24) is 10.2 Å². The zero-order chi connectivity index (χ0) is 31.3. The lowest BCUT2D eigenvalue weighted by molar-refractivity contribution is -0.154. The Labute approximate surface area is 252 Å². The summed E-state index contributed by atoms with van der Waals surface area (Å²) < 4.78 is 16.5. The normalized spacial score (nSPS) is 13.6. The molecule has 3 aromatic rings. The van der Waals surface area contributed by atoms with Gasteiger partial charge in [0.05, 0.1) is 20.8 Å². The summed E-state index contributed by atoms with van der Waals surface area (Å²) in [5.41, 5.74) is 4.98. The number of methoxy groups -OCH3 is 2. The molecule has 4 rings (SSSR count). The molecule has 1 aliphatic rings. The van der Waals surface area contributed by atoms with Crippen LogP contribution in [-0.2, 0) is 20.9 Å². The van der Waals surface area contributed by atoms with Crippen molar-refractivity contribution in [1.29, 1.82) is 0 Å². The van der Waals surface area contributed by atoms with Gasteiger partial charge in [0.2, 0.25) is 5.91 Å². The molecule has 0 spiro atoms. The molecule has 1 aliphatic carbocycles. The second kappa shape index (κ2) is 13.6. The quantitative estimate of drug-likeness (QED) is 0.279. The fourth-order valence-electron chi connectivity index (χ4n) is 5.72. The van der Waals surface area contributed by atoms with Crippen LogP contribution < -0.4 is 14.8 Å². The van der Waals surface area contributed by atoms with E-state index in [4.69, 9.17) is 14.2 Å². The van der Waals surface area contributed by atoms with Gasteiger partial charge >= 0.3 is 12.1 Å². The molecule has 3 aromatic carbocycles. The molecule has 228 valence electrons. The van der Waals surface area contributed by atoms with E-state index in [2.05, 4.69) is 17.4 Å². The number of carboxylic acids is 1. The topological polar surface area (TPSA) is 114 Å². The number of alkyl carbamates (subject to hydrolysis) is 1. The summed E-state index contributed by atoms with van der Waals surface area (Å²) in [6, 6.07) is 19.0. The molecule has 0 bridgehead atoms. The number of aliphatic carboxylic acids is 1. The number of carboxylic acid groups (broad SMARTS) is 1. The molecule has 0 aliphatic heterocycles. The Bertz CT molecular complexity index is 1420. The van der Waals surface area contributed by atoms with Crippen LogP contribution in [0.4, 0.5) is 4.79 Å². The van der Waals surface area contributed by atoms with Gasteiger partial charge in [-0.05, 0) is 46.2 Å². The van der Waals surface area contributed by atoms with E-state index in [1.54, 1.807) is 45.9 Å². The Hall–Kier alpha value is -4.53. The fourth-order valence-corrected chi connectivity index (χ4v) is 5.72. The molecular formula is C34H40N2O7. The minimum Gasteiger partial charge on any atom is -0.497 e. The number of nitrogens with zero attached hydrogens (tertiary/aromatic N) is 1. The first-order valence-electron chi connectivity index (χ1n) is 14.4. The molecule has 2 atom stereocenters. The monoisotopic (exact) mass is 588 g/mol. The number of hydrogen-bond donors (Lipinski definition) is 2. The summed E-state index contributed by atoms with van der Waals surface area (Å²) >= 11 is 0. The summed E-state index contributed by atoms with van der Waals surface area (Å²) in [5.74, 6) is -1.54. The SMILES string of the molecule is COc1ccc(CN(C(=O)[C@@H](NC(=O)OCC2c3ccccc3-c3ccccc32)C(C)C)[C@H](C(=O)O)C(C)C)c(OC)c1. The van der Waals surface area contributed by atoms with Crippen molar-refractivity contribution < 1.29 is 33.7 Å². The van der Waals surface area contributed by atoms with Gasteiger partial charge in [-0.2, -0.15) is 0 Å². The maximum Gasteiger partial charge on any atom is 0.407 e. The molecule has 0 radical (unpaired) electrons. The highest BCUT2D eigenvalue weighted by Gasteiger charge is 2.38. The first-order valence-corrected chi connectivity index (χ1v) is 14.4.